The van der Waals surface area contributed by atoms with E-state index in [0.717, 1.165) is 20.9 Å². The van der Waals surface area contributed by atoms with Crippen molar-refractivity contribution in [1.82, 2.24) is 9.97 Å². The molecule has 2 heterocycles. The van der Waals surface area contributed by atoms with Gasteiger partial charge in [0.2, 0.25) is 0 Å². The lowest BCUT2D eigenvalue weighted by atomic mass is 10.2. The Kier molecular flexibility index (Phi) is 3.13. The van der Waals surface area contributed by atoms with Gasteiger partial charge in [-0.05, 0) is 42.3 Å². The van der Waals surface area contributed by atoms with Crippen LogP contribution in [0.5, 0.6) is 0 Å². The van der Waals surface area contributed by atoms with E-state index in [9.17, 15) is 4.39 Å². The first-order chi connectivity index (χ1) is 9.22. The molecule has 19 heavy (non-hydrogen) atoms. The SMILES string of the molecule is Cc1ccncc1CNc1nc2ccc(F)cc2s1. The fraction of sp³-hybridized carbons (Fsp3) is 0.143. The summed E-state index contributed by atoms with van der Waals surface area (Å²) < 4.78 is 14.0. The van der Waals surface area contributed by atoms with Crippen LogP contribution in [-0.2, 0) is 6.54 Å². The summed E-state index contributed by atoms with van der Waals surface area (Å²) in [6.07, 6.45) is 3.62. The molecule has 3 aromatic rings. The topological polar surface area (TPSA) is 37.8 Å². The lowest BCUT2D eigenvalue weighted by Gasteiger charge is -2.04. The van der Waals surface area contributed by atoms with Gasteiger partial charge in [-0.1, -0.05) is 11.3 Å². The van der Waals surface area contributed by atoms with Crippen LogP contribution in [0.3, 0.4) is 0 Å². The zero-order chi connectivity index (χ0) is 13.2. The molecule has 0 spiro atoms. The molecule has 5 heteroatoms. The van der Waals surface area contributed by atoms with E-state index in [0.29, 0.717) is 6.54 Å². The second-order valence-electron chi connectivity index (χ2n) is 4.29. The van der Waals surface area contributed by atoms with Gasteiger partial charge in [-0.2, -0.15) is 0 Å². The van der Waals surface area contributed by atoms with Crippen LogP contribution in [0.1, 0.15) is 11.1 Å². The number of pyridine rings is 1. The van der Waals surface area contributed by atoms with Crippen molar-refractivity contribution in [2.24, 2.45) is 0 Å². The number of nitrogens with one attached hydrogen (secondary N) is 1. The van der Waals surface area contributed by atoms with Crippen molar-refractivity contribution >= 4 is 26.7 Å². The molecular formula is C14H12FN3S. The van der Waals surface area contributed by atoms with Gasteiger partial charge >= 0.3 is 0 Å². The Hall–Kier alpha value is -2.01. The van der Waals surface area contributed by atoms with Crippen molar-refractivity contribution in [1.29, 1.82) is 0 Å². The summed E-state index contributed by atoms with van der Waals surface area (Å²) in [6, 6.07) is 6.61. The molecule has 1 aromatic carbocycles. The van der Waals surface area contributed by atoms with Gasteiger partial charge in [0.15, 0.2) is 5.13 Å². The van der Waals surface area contributed by atoms with Crippen molar-refractivity contribution in [3.63, 3.8) is 0 Å². The molecular weight excluding hydrogens is 261 g/mol. The quantitative estimate of drug-likeness (QED) is 0.789. The third-order valence-corrected chi connectivity index (χ3v) is 3.90. The van der Waals surface area contributed by atoms with E-state index in [1.54, 1.807) is 12.3 Å². The van der Waals surface area contributed by atoms with Gasteiger partial charge in [0.25, 0.3) is 0 Å². The Morgan fingerprint density at radius 1 is 1.32 bits per heavy atom. The summed E-state index contributed by atoms with van der Waals surface area (Å²) in [5.74, 6) is -0.231. The van der Waals surface area contributed by atoms with Gasteiger partial charge in [-0.15, -0.1) is 0 Å². The van der Waals surface area contributed by atoms with E-state index < -0.39 is 0 Å². The number of fused-ring (bicyclic) bond motifs is 1. The maximum atomic E-state index is 13.1. The van der Waals surface area contributed by atoms with Crippen molar-refractivity contribution in [2.45, 2.75) is 13.5 Å². The largest absolute Gasteiger partial charge is 0.357 e. The van der Waals surface area contributed by atoms with Crippen molar-refractivity contribution in [3.05, 3.63) is 53.6 Å². The molecule has 3 rings (SSSR count). The number of anilines is 1. The molecule has 0 amide bonds. The number of benzene rings is 1. The first kappa shape index (κ1) is 12.0. The minimum atomic E-state index is -0.231. The van der Waals surface area contributed by atoms with Crippen LogP contribution in [0.4, 0.5) is 9.52 Å². The van der Waals surface area contributed by atoms with E-state index in [-0.39, 0.29) is 5.82 Å². The minimum absolute atomic E-state index is 0.231. The Balaban J connectivity index is 1.80. The maximum absolute atomic E-state index is 13.1. The highest BCUT2D eigenvalue weighted by Crippen LogP contribution is 2.26. The fourth-order valence-electron chi connectivity index (χ4n) is 1.83. The number of halogens is 1. The third-order valence-electron chi connectivity index (χ3n) is 2.93. The zero-order valence-electron chi connectivity index (χ0n) is 10.4. The van der Waals surface area contributed by atoms with Crippen LogP contribution < -0.4 is 5.32 Å². The standard InChI is InChI=1S/C14H12FN3S/c1-9-4-5-16-7-10(9)8-17-14-18-12-3-2-11(15)6-13(12)19-14/h2-7H,8H2,1H3,(H,17,18). The average molecular weight is 273 g/mol. The highest BCUT2D eigenvalue weighted by atomic mass is 32.1. The van der Waals surface area contributed by atoms with Crippen molar-refractivity contribution in [3.8, 4) is 0 Å². The molecule has 1 N–H and O–H groups in total. The number of nitrogens with zero attached hydrogens (tertiary/aromatic N) is 2. The molecule has 0 aliphatic heterocycles. The van der Waals surface area contributed by atoms with Crippen molar-refractivity contribution < 1.29 is 4.39 Å². The van der Waals surface area contributed by atoms with Crippen LogP contribution >= 0.6 is 11.3 Å². The highest BCUT2D eigenvalue weighted by Gasteiger charge is 2.05. The molecule has 0 saturated carbocycles. The predicted molar refractivity (Wildman–Crippen MR) is 75.9 cm³/mol. The highest BCUT2D eigenvalue weighted by molar-refractivity contribution is 7.22. The molecule has 0 saturated heterocycles. The van der Waals surface area contributed by atoms with Gasteiger partial charge in [0.1, 0.15) is 5.82 Å². The van der Waals surface area contributed by atoms with Crippen LogP contribution in [0.15, 0.2) is 36.7 Å². The fourth-order valence-corrected chi connectivity index (χ4v) is 2.71. The number of thiazole rings is 1. The molecule has 3 nitrogen and oxygen atoms in total. The molecule has 0 aliphatic rings. The Labute approximate surface area is 114 Å². The molecule has 0 atom stereocenters. The monoisotopic (exact) mass is 273 g/mol. The van der Waals surface area contributed by atoms with E-state index in [2.05, 4.69) is 15.3 Å². The number of aromatic nitrogens is 2. The van der Waals surface area contributed by atoms with Crippen LogP contribution in [0.25, 0.3) is 10.2 Å². The molecule has 0 radical (unpaired) electrons. The molecule has 2 aromatic heterocycles. The van der Waals surface area contributed by atoms with Gasteiger partial charge in [-0.3, -0.25) is 4.98 Å². The van der Waals surface area contributed by atoms with E-state index in [4.69, 9.17) is 0 Å². The second-order valence-corrected chi connectivity index (χ2v) is 5.32. The second kappa shape index (κ2) is 4.93. The van der Waals surface area contributed by atoms with Crippen LogP contribution in [0, 0.1) is 12.7 Å². The lowest BCUT2D eigenvalue weighted by molar-refractivity contribution is 0.630. The lowest BCUT2D eigenvalue weighted by Crippen LogP contribution is -2.01. The summed E-state index contributed by atoms with van der Waals surface area (Å²) in [4.78, 5) is 8.52. The van der Waals surface area contributed by atoms with Crippen LogP contribution in [-0.4, -0.2) is 9.97 Å². The Morgan fingerprint density at radius 3 is 3.05 bits per heavy atom. The average Bonchev–Trinajstić information content (AvgIpc) is 2.79. The van der Waals surface area contributed by atoms with E-state index in [1.165, 1.54) is 29.0 Å². The molecule has 0 unspecified atom stereocenters. The smallest absolute Gasteiger partial charge is 0.184 e. The maximum Gasteiger partial charge on any atom is 0.184 e. The molecule has 0 fully saturated rings. The number of aryl methyl sites for hydroxylation is 1. The number of hydrogen-bond acceptors (Lipinski definition) is 4. The Bertz CT molecular complexity index is 724. The number of hydrogen-bond donors (Lipinski definition) is 1. The predicted octanol–water partition coefficient (Wildman–Crippen LogP) is 3.75. The summed E-state index contributed by atoms with van der Waals surface area (Å²) in [5.41, 5.74) is 3.14. The minimum Gasteiger partial charge on any atom is -0.357 e. The molecule has 96 valence electrons. The Morgan fingerprint density at radius 2 is 2.21 bits per heavy atom. The van der Waals surface area contributed by atoms with Crippen molar-refractivity contribution in [2.75, 3.05) is 5.32 Å². The first-order valence-electron chi connectivity index (χ1n) is 5.92. The third kappa shape index (κ3) is 2.56. The number of rotatable bonds is 3. The normalized spacial score (nSPS) is 10.8. The molecule has 0 aliphatic carbocycles. The van der Waals surface area contributed by atoms with Gasteiger partial charge in [-0.25, -0.2) is 9.37 Å². The molecule has 0 bridgehead atoms. The zero-order valence-corrected chi connectivity index (χ0v) is 11.2. The van der Waals surface area contributed by atoms with Gasteiger partial charge in [0.05, 0.1) is 10.2 Å². The summed E-state index contributed by atoms with van der Waals surface area (Å²) in [7, 11) is 0. The van der Waals surface area contributed by atoms with E-state index in [1.807, 2.05) is 19.2 Å². The summed E-state index contributed by atoms with van der Waals surface area (Å²) in [5, 5.41) is 4.05. The summed E-state index contributed by atoms with van der Waals surface area (Å²) >= 11 is 1.45. The van der Waals surface area contributed by atoms with Gasteiger partial charge < -0.3 is 5.32 Å². The summed E-state index contributed by atoms with van der Waals surface area (Å²) in [6.45, 7) is 2.72. The van der Waals surface area contributed by atoms with Gasteiger partial charge in [0, 0.05) is 18.9 Å². The van der Waals surface area contributed by atoms with Crippen LogP contribution in [0.2, 0.25) is 0 Å². The first-order valence-corrected chi connectivity index (χ1v) is 6.73. The van der Waals surface area contributed by atoms with E-state index >= 15 is 0 Å².